The summed E-state index contributed by atoms with van der Waals surface area (Å²) >= 11 is 3.37. The van der Waals surface area contributed by atoms with E-state index in [1.165, 1.54) is 31.2 Å². The average Bonchev–Trinajstić information content (AvgIpc) is 2.60. The Hall–Kier alpha value is -2.41. The molecular formula is C18H18BrFN2O3. The van der Waals surface area contributed by atoms with Crippen molar-refractivity contribution in [1.29, 1.82) is 0 Å². The van der Waals surface area contributed by atoms with Crippen molar-refractivity contribution in [3.63, 3.8) is 0 Å². The number of aryl methyl sites for hydroxylation is 1. The maximum atomic E-state index is 12.8. The molecule has 0 aromatic heterocycles. The lowest BCUT2D eigenvalue weighted by Crippen LogP contribution is -2.47. The van der Waals surface area contributed by atoms with E-state index < -0.39 is 12.0 Å². The molecule has 0 aliphatic rings. The highest BCUT2D eigenvalue weighted by molar-refractivity contribution is 9.10. The molecule has 2 N–H and O–H groups in total. The molecular weight excluding hydrogens is 391 g/mol. The van der Waals surface area contributed by atoms with E-state index in [1.54, 1.807) is 0 Å². The SMILES string of the molecule is CC(Oc1ccc(F)cc1)C(=O)NNC(=O)CCc1cccc(Br)c1. The number of hydrazine groups is 1. The normalized spacial score (nSPS) is 11.5. The van der Waals surface area contributed by atoms with E-state index in [1.807, 2.05) is 24.3 Å². The predicted octanol–water partition coefficient (Wildman–Crippen LogP) is 3.14. The molecule has 2 amide bonds. The third-order valence-corrected chi connectivity index (χ3v) is 3.84. The van der Waals surface area contributed by atoms with Gasteiger partial charge in [0.25, 0.3) is 5.91 Å². The first kappa shape index (κ1) is 18.9. The number of hydrogen-bond donors (Lipinski definition) is 2. The molecule has 0 saturated carbocycles. The van der Waals surface area contributed by atoms with Crippen molar-refractivity contribution in [1.82, 2.24) is 10.9 Å². The van der Waals surface area contributed by atoms with E-state index in [-0.39, 0.29) is 18.1 Å². The Morgan fingerprint density at radius 3 is 2.56 bits per heavy atom. The van der Waals surface area contributed by atoms with Gasteiger partial charge in [-0.1, -0.05) is 28.1 Å². The van der Waals surface area contributed by atoms with Crippen LogP contribution in [-0.2, 0) is 16.0 Å². The fourth-order valence-electron chi connectivity index (χ4n) is 2.02. The Bertz CT molecular complexity index is 737. The average molecular weight is 409 g/mol. The van der Waals surface area contributed by atoms with Gasteiger partial charge in [-0.05, 0) is 55.3 Å². The maximum Gasteiger partial charge on any atom is 0.279 e. The smallest absolute Gasteiger partial charge is 0.279 e. The Kier molecular flexibility index (Phi) is 6.94. The monoisotopic (exact) mass is 408 g/mol. The van der Waals surface area contributed by atoms with Gasteiger partial charge < -0.3 is 4.74 Å². The number of nitrogens with one attached hydrogen (secondary N) is 2. The Labute approximate surface area is 153 Å². The molecule has 25 heavy (non-hydrogen) atoms. The second-order valence-electron chi connectivity index (χ2n) is 5.38. The van der Waals surface area contributed by atoms with Crippen LogP contribution in [0.2, 0.25) is 0 Å². The Morgan fingerprint density at radius 2 is 1.88 bits per heavy atom. The zero-order valence-corrected chi connectivity index (χ0v) is 15.2. The first-order valence-corrected chi connectivity index (χ1v) is 8.48. The molecule has 0 aliphatic heterocycles. The highest BCUT2D eigenvalue weighted by Gasteiger charge is 2.15. The molecule has 1 atom stereocenters. The summed E-state index contributed by atoms with van der Waals surface area (Å²) in [5.74, 6) is -0.824. The molecule has 7 heteroatoms. The van der Waals surface area contributed by atoms with Crippen LogP contribution in [0.15, 0.2) is 53.0 Å². The molecule has 0 spiro atoms. The van der Waals surface area contributed by atoms with Gasteiger partial charge in [-0.2, -0.15) is 0 Å². The summed E-state index contributed by atoms with van der Waals surface area (Å²) in [6, 6.07) is 13.0. The molecule has 132 valence electrons. The highest BCUT2D eigenvalue weighted by atomic mass is 79.9. The van der Waals surface area contributed by atoms with Gasteiger partial charge in [0.15, 0.2) is 6.10 Å². The molecule has 0 radical (unpaired) electrons. The number of benzene rings is 2. The standard InChI is InChI=1S/C18H18BrFN2O3/c1-12(25-16-8-6-15(20)7-9-16)18(24)22-21-17(23)10-5-13-3-2-4-14(19)11-13/h2-4,6-9,11-12H,5,10H2,1H3,(H,21,23)(H,22,24). The molecule has 2 aromatic carbocycles. The van der Waals surface area contributed by atoms with Crippen molar-refractivity contribution < 1.29 is 18.7 Å². The summed E-state index contributed by atoms with van der Waals surface area (Å²) in [4.78, 5) is 23.7. The summed E-state index contributed by atoms with van der Waals surface area (Å²) in [6.07, 6.45) is -0.0389. The number of halogens is 2. The third kappa shape index (κ3) is 6.54. The molecule has 0 fully saturated rings. The second-order valence-corrected chi connectivity index (χ2v) is 6.30. The summed E-state index contributed by atoms with van der Waals surface area (Å²) in [7, 11) is 0. The van der Waals surface area contributed by atoms with Crippen LogP contribution in [0.3, 0.4) is 0 Å². The van der Waals surface area contributed by atoms with Crippen LogP contribution in [0.1, 0.15) is 18.9 Å². The van der Waals surface area contributed by atoms with Crippen LogP contribution < -0.4 is 15.6 Å². The molecule has 2 rings (SSSR count). The van der Waals surface area contributed by atoms with Crippen molar-refractivity contribution in [2.24, 2.45) is 0 Å². The first-order valence-electron chi connectivity index (χ1n) is 7.69. The molecule has 2 aromatic rings. The van der Waals surface area contributed by atoms with Gasteiger partial charge in [0.05, 0.1) is 0 Å². The lowest BCUT2D eigenvalue weighted by atomic mass is 10.1. The van der Waals surface area contributed by atoms with Crippen molar-refractivity contribution >= 4 is 27.7 Å². The number of ether oxygens (including phenoxy) is 1. The molecule has 5 nitrogen and oxygen atoms in total. The zero-order chi connectivity index (χ0) is 18.2. The van der Waals surface area contributed by atoms with E-state index in [2.05, 4.69) is 26.8 Å². The topological polar surface area (TPSA) is 67.4 Å². The van der Waals surface area contributed by atoms with Crippen LogP contribution in [0.4, 0.5) is 4.39 Å². The van der Waals surface area contributed by atoms with Gasteiger partial charge in [-0.3, -0.25) is 20.4 Å². The Balaban J connectivity index is 1.72. The maximum absolute atomic E-state index is 12.8. The third-order valence-electron chi connectivity index (χ3n) is 3.35. The minimum absolute atomic E-state index is 0.240. The van der Waals surface area contributed by atoms with Crippen molar-refractivity contribution in [2.45, 2.75) is 25.9 Å². The van der Waals surface area contributed by atoms with Gasteiger partial charge in [0.2, 0.25) is 5.91 Å². The quantitative estimate of drug-likeness (QED) is 0.721. The van der Waals surface area contributed by atoms with E-state index in [4.69, 9.17) is 4.74 Å². The summed E-state index contributed by atoms with van der Waals surface area (Å²) in [5, 5.41) is 0. The van der Waals surface area contributed by atoms with Crippen LogP contribution in [0, 0.1) is 5.82 Å². The van der Waals surface area contributed by atoms with Crippen molar-refractivity contribution in [3.05, 3.63) is 64.4 Å². The van der Waals surface area contributed by atoms with Gasteiger partial charge in [0, 0.05) is 10.9 Å². The largest absolute Gasteiger partial charge is 0.481 e. The number of hydrogen-bond acceptors (Lipinski definition) is 3. The summed E-state index contributed by atoms with van der Waals surface area (Å²) < 4.78 is 19.1. The first-order chi connectivity index (χ1) is 11.9. The van der Waals surface area contributed by atoms with Crippen LogP contribution in [0.5, 0.6) is 5.75 Å². The van der Waals surface area contributed by atoms with Crippen molar-refractivity contribution in [2.75, 3.05) is 0 Å². The molecule has 0 aliphatic carbocycles. The molecule has 1 unspecified atom stereocenters. The molecule has 0 bridgehead atoms. The highest BCUT2D eigenvalue weighted by Crippen LogP contribution is 2.13. The minimum atomic E-state index is -0.837. The molecule has 0 heterocycles. The van der Waals surface area contributed by atoms with Crippen LogP contribution in [0.25, 0.3) is 0 Å². The van der Waals surface area contributed by atoms with Crippen LogP contribution in [-0.4, -0.2) is 17.9 Å². The van der Waals surface area contributed by atoms with E-state index in [0.717, 1.165) is 10.0 Å². The van der Waals surface area contributed by atoms with Crippen molar-refractivity contribution in [3.8, 4) is 5.75 Å². The Morgan fingerprint density at radius 1 is 1.16 bits per heavy atom. The number of carbonyl (C=O) groups is 2. The van der Waals surface area contributed by atoms with Gasteiger partial charge in [-0.25, -0.2) is 4.39 Å². The lowest BCUT2D eigenvalue weighted by molar-refractivity contribution is -0.132. The lowest BCUT2D eigenvalue weighted by Gasteiger charge is -2.15. The predicted molar refractivity (Wildman–Crippen MR) is 95.2 cm³/mol. The zero-order valence-electron chi connectivity index (χ0n) is 13.6. The van der Waals surface area contributed by atoms with Gasteiger partial charge >= 0.3 is 0 Å². The van der Waals surface area contributed by atoms with E-state index in [9.17, 15) is 14.0 Å². The summed E-state index contributed by atoms with van der Waals surface area (Å²) in [6.45, 7) is 1.53. The number of rotatable bonds is 6. The van der Waals surface area contributed by atoms with E-state index >= 15 is 0 Å². The fourth-order valence-corrected chi connectivity index (χ4v) is 2.46. The fraction of sp³-hybridized carbons (Fsp3) is 0.222. The molecule has 0 saturated heterocycles. The summed E-state index contributed by atoms with van der Waals surface area (Å²) in [5.41, 5.74) is 5.69. The van der Waals surface area contributed by atoms with Gasteiger partial charge in [0.1, 0.15) is 11.6 Å². The minimum Gasteiger partial charge on any atom is -0.481 e. The number of amides is 2. The second kappa shape index (κ2) is 9.17. The van der Waals surface area contributed by atoms with Crippen LogP contribution >= 0.6 is 15.9 Å². The number of carbonyl (C=O) groups excluding carboxylic acids is 2. The van der Waals surface area contributed by atoms with E-state index in [0.29, 0.717) is 12.2 Å². The van der Waals surface area contributed by atoms with Gasteiger partial charge in [-0.15, -0.1) is 0 Å².